The van der Waals surface area contributed by atoms with Crippen LogP contribution in [0.5, 0.6) is 0 Å². The summed E-state index contributed by atoms with van der Waals surface area (Å²) in [5, 5.41) is 4.27. The number of rotatable bonds is 4. The molecule has 11 heteroatoms. The van der Waals surface area contributed by atoms with Crippen LogP contribution in [0.3, 0.4) is 0 Å². The number of carbonyl (C=O) groups excluding carboxylic acids is 2. The Kier molecular flexibility index (Phi) is 6.35. The van der Waals surface area contributed by atoms with Crippen LogP contribution in [0.25, 0.3) is 10.1 Å². The molecule has 3 aromatic rings. The van der Waals surface area contributed by atoms with E-state index in [1.54, 1.807) is 6.07 Å². The molecule has 1 N–H and O–H groups in total. The van der Waals surface area contributed by atoms with Gasteiger partial charge in [-0.1, -0.05) is 58.0 Å². The topological polar surface area (TPSA) is 68.3 Å². The summed E-state index contributed by atoms with van der Waals surface area (Å²) in [6, 6.07) is 4.58. The molecule has 5 nitrogen and oxygen atoms in total. The third kappa shape index (κ3) is 4.59. The Morgan fingerprint density at radius 3 is 2.44 bits per heavy atom. The minimum atomic E-state index is -0.765. The zero-order valence-corrected chi connectivity index (χ0v) is 17.6. The van der Waals surface area contributed by atoms with Crippen LogP contribution in [0, 0.1) is 0 Å². The number of halogens is 5. The van der Waals surface area contributed by atoms with Crippen molar-refractivity contribution in [3.63, 3.8) is 0 Å². The normalized spacial score (nSPS) is 10.9. The Hall–Kier alpha value is -1.28. The lowest BCUT2D eigenvalue weighted by atomic mass is 10.2. The number of anilines is 1. The number of thiophene rings is 1. The standard InChI is InChI=1S/C16H7Cl5N2O3S/c17-6-1-8(19)12-10(3-6)27-14(13(12)21)16(25)26-5-11(24)23-15-9(20)2-7(18)4-22-15/h1-4H,5H2,(H,22,23,24). The number of hydrogen-bond donors (Lipinski definition) is 1. The molecule has 1 amide bonds. The second-order valence-corrected chi connectivity index (χ2v) is 8.23. The Bertz CT molecular complexity index is 1070. The van der Waals surface area contributed by atoms with E-state index in [1.807, 2.05) is 0 Å². The number of hydrogen-bond acceptors (Lipinski definition) is 5. The Morgan fingerprint density at radius 1 is 1.04 bits per heavy atom. The van der Waals surface area contributed by atoms with Crippen molar-refractivity contribution in [2.75, 3.05) is 11.9 Å². The molecule has 0 saturated heterocycles. The van der Waals surface area contributed by atoms with Crippen LogP contribution in [0.1, 0.15) is 9.67 Å². The van der Waals surface area contributed by atoms with Gasteiger partial charge in [-0.15, -0.1) is 11.3 Å². The van der Waals surface area contributed by atoms with E-state index in [0.29, 0.717) is 25.2 Å². The van der Waals surface area contributed by atoms with Crippen molar-refractivity contribution in [2.45, 2.75) is 0 Å². The molecule has 140 valence electrons. The van der Waals surface area contributed by atoms with Gasteiger partial charge in [0.1, 0.15) is 4.88 Å². The van der Waals surface area contributed by atoms with E-state index in [-0.39, 0.29) is 20.7 Å². The van der Waals surface area contributed by atoms with Crippen molar-refractivity contribution < 1.29 is 14.3 Å². The molecule has 0 fully saturated rings. The molecule has 0 atom stereocenters. The lowest BCUT2D eigenvalue weighted by molar-refractivity contribution is -0.119. The maximum absolute atomic E-state index is 12.3. The van der Waals surface area contributed by atoms with Crippen molar-refractivity contribution in [1.29, 1.82) is 0 Å². The first-order valence-corrected chi connectivity index (χ1v) is 9.82. The number of nitrogens with zero attached hydrogens (tertiary/aromatic N) is 1. The zero-order chi connectivity index (χ0) is 19.7. The van der Waals surface area contributed by atoms with Gasteiger partial charge in [0, 0.05) is 21.3 Å². The number of amides is 1. The van der Waals surface area contributed by atoms with Gasteiger partial charge in [-0.3, -0.25) is 4.79 Å². The summed E-state index contributed by atoms with van der Waals surface area (Å²) >= 11 is 31.0. The highest BCUT2D eigenvalue weighted by Crippen LogP contribution is 2.41. The van der Waals surface area contributed by atoms with E-state index in [1.165, 1.54) is 18.3 Å². The SMILES string of the molecule is O=C(COC(=O)c1sc2cc(Cl)cc(Cl)c2c1Cl)Nc1ncc(Cl)cc1Cl. The average Bonchev–Trinajstić information content (AvgIpc) is 2.92. The van der Waals surface area contributed by atoms with Gasteiger partial charge in [-0.2, -0.15) is 0 Å². The second-order valence-electron chi connectivity index (χ2n) is 5.11. The first-order valence-electron chi connectivity index (χ1n) is 7.11. The van der Waals surface area contributed by atoms with Crippen molar-refractivity contribution >= 4 is 97.1 Å². The molecule has 27 heavy (non-hydrogen) atoms. The van der Waals surface area contributed by atoms with Crippen molar-refractivity contribution in [1.82, 2.24) is 4.98 Å². The molecule has 0 unspecified atom stereocenters. The van der Waals surface area contributed by atoms with Gasteiger partial charge >= 0.3 is 5.97 Å². The predicted octanol–water partition coefficient (Wildman–Crippen LogP) is 6.36. The number of fused-ring (bicyclic) bond motifs is 1. The molecule has 0 saturated carbocycles. The van der Waals surface area contributed by atoms with Crippen molar-refractivity contribution in [2.24, 2.45) is 0 Å². The first kappa shape index (κ1) is 20.5. The predicted molar refractivity (Wildman–Crippen MR) is 110 cm³/mol. The van der Waals surface area contributed by atoms with E-state index in [9.17, 15) is 9.59 Å². The van der Waals surface area contributed by atoms with Crippen LogP contribution in [0.15, 0.2) is 24.4 Å². The van der Waals surface area contributed by atoms with Crippen molar-refractivity contribution in [3.05, 3.63) is 54.4 Å². The van der Waals surface area contributed by atoms with Gasteiger partial charge in [0.2, 0.25) is 0 Å². The molecule has 0 aliphatic carbocycles. The summed E-state index contributed by atoms with van der Waals surface area (Å²) in [4.78, 5) is 28.2. The van der Waals surface area contributed by atoms with Gasteiger partial charge in [0.25, 0.3) is 5.91 Å². The number of carbonyl (C=O) groups is 2. The quantitative estimate of drug-likeness (QED) is 0.438. The van der Waals surface area contributed by atoms with E-state index in [0.717, 1.165) is 11.3 Å². The van der Waals surface area contributed by atoms with Crippen LogP contribution in [0.4, 0.5) is 5.82 Å². The van der Waals surface area contributed by atoms with Gasteiger partial charge in [0.15, 0.2) is 12.4 Å². The van der Waals surface area contributed by atoms with Gasteiger partial charge in [0.05, 0.1) is 20.1 Å². The molecule has 0 bridgehead atoms. The molecular weight excluding hydrogens is 478 g/mol. The Balaban J connectivity index is 1.70. The third-order valence-electron chi connectivity index (χ3n) is 3.24. The minimum absolute atomic E-state index is 0.100. The molecular formula is C16H7Cl5N2O3S. The minimum Gasteiger partial charge on any atom is -0.451 e. The maximum atomic E-state index is 12.3. The smallest absolute Gasteiger partial charge is 0.350 e. The largest absolute Gasteiger partial charge is 0.451 e. The molecule has 1 aromatic carbocycles. The molecule has 0 aliphatic heterocycles. The summed E-state index contributed by atoms with van der Waals surface area (Å²) < 4.78 is 5.64. The van der Waals surface area contributed by atoms with Crippen LogP contribution < -0.4 is 5.32 Å². The summed E-state index contributed by atoms with van der Waals surface area (Å²) in [6.45, 7) is -0.557. The molecule has 0 radical (unpaired) electrons. The van der Waals surface area contributed by atoms with Crippen LogP contribution in [-0.4, -0.2) is 23.5 Å². The fraction of sp³-hybridized carbons (Fsp3) is 0.0625. The van der Waals surface area contributed by atoms with Gasteiger partial charge in [-0.25, -0.2) is 9.78 Å². The Labute approximate surface area is 182 Å². The lowest BCUT2D eigenvalue weighted by Gasteiger charge is -2.07. The van der Waals surface area contributed by atoms with Crippen molar-refractivity contribution in [3.8, 4) is 0 Å². The zero-order valence-electron chi connectivity index (χ0n) is 13.0. The van der Waals surface area contributed by atoms with E-state index < -0.39 is 18.5 Å². The van der Waals surface area contributed by atoms with Crippen LogP contribution in [0.2, 0.25) is 25.1 Å². The fourth-order valence-corrected chi connectivity index (χ4v) is 4.81. The van der Waals surface area contributed by atoms with E-state index in [4.69, 9.17) is 62.7 Å². The number of aromatic nitrogens is 1. The monoisotopic (exact) mass is 482 g/mol. The summed E-state index contributed by atoms with van der Waals surface area (Å²) in [5.74, 6) is -1.29. The number of nitrogens with one attached hydrogen (secondary N) is 1. The van der Waals surface area contributed by atoms with Gasteiger partial charge in [-0.05, 0) is 18.2 Å². The van der Waals surface area contributed by atoms with E-state index in [2.05, 4.69) is 10.3 Å². The second kappa shape index (κ2) is 8.39. The number of benzene rings is 1. The highest BCUT2D eigenvalue weighted by atomic mass is 35.5. The van der Waals surface area contributed by atoms with E-state index >= 15 is 0 Å². The third-order valence-corrected chi connectivity index (χ3v) is 5.85. The molecule has 2 heterocycles. The highest BCUT2D eigenvalue weighted by Gasteiger charge is 2.21. The summed E-state index contributed by atoms with van der Waals surface area (Å²) in [5.41, 5.74) is 0. The summed E-state index contributed by atoms with van der Waals surface area (Å²) in [6.07, 6.45) is 1.32. The highest BCUT2D eigenvalue weighted by molar-refractivity contribution is 7.21. The average molecular weight is 485 g/mol. The number of esters is 1. The molecule has 0 spiro atoms. The fourth-order valence-electron chi connectivity index (χ4n) is 2.11. The number of pyridine rings is 1. The summed E-state index contributed by atoms with van der Waals surface area (Å²) in [7, 11) is 0. The van der Waals surface area contributed by atoms with Crippen LogP contribution in [-0.2, 0) is 9.53 Å². The lowest BCUT2D eigenvalue weighted by Crippen LogP contribution is -2.21. The Morgan fingerprint density at radius 2 is 1.74 bits per heavy atom. The van der Waals surface area contributed by atoms with Gasteiger partial charge < -0.3 is 10.1 Å². The van der Waals surface area contributed by atoms with Crippen LogP contribution >= 0.6 is 69.3 Å². The molecule has 2 aromatic heterocycles. The number of ether oxygens (including phenoxy) is 1. The first-order chi connectivity index (χ1) is 12.8. The molecule has 3 rings (SSSR count). The molecule has 0 aliphatic rings. The maximum Gasteiger partial charge on any atom is 0.350 e.